The van der Waals surface area contributed by atoms with Crippen LogP contribution < -0.4 is 20.1 Å². The van der Waals surface area contributed by atoms with Crippen LogP contribution in [0.3, 0.4) is 0 Å². The summed E-state index contributed by atoms with van der Waals surface area (Å²) in [6.07, 6.45) is 1.48. The predicted molar refractivity (Wildman–Crippen MR) is 110 cm³/mol. The molecule has 0 saturated carbocycles. The third kappa shape index (κ3) is 3.26. The molecule has 3 aromatic rings. The second kappa shape index (κ2) is 7.72. The SMILES string of the molecule is CCOc1cc2ncc(C#N)c(Nc3ccc4c(c3)C(=O)NC4=O)c2cc1OCC. The van der Waals surface area contributed by atoms with Gasteiger partial charge in [-0.2, -0.15) is 5.26 Å². The molecule has 8 heteroatoms. The first-order chi connectivity index (χ1) is 14.5. The van der Waals surface area contributed by atoms with Crippen molar-refractivity contribution in [2.24, 2.45) is 0 Å². The fourth-order valence-electron chi connectivity index (χ4n) is 3.35. The largest absolute Gasteiger partial charge is 0.490 e. The van der Waals surface area contributed by atoms with Crippen LogP contribution >= 0.6 is 0 Å². The number of pyridine rings is 1. The van der Waals surface area contributed by atoms with Gasteiger partial charge in [-0.15, -0.1) is 0 Å². The molecule has 2 amide bonds. The minimum Gasteiger partial charge on any atom is -0.490 e. The first kappa shape index (κ1) is 19.2. The van der Waals surface area contributed by atoms with Crippen molar-refractivity contribution >= 4 is 34.1 Å². The van der Waals surface area contributed by atoms with E-state index in [2.05, 4.69) is 21.7 Å². The summed E-state index contributed by atoms with van der Waals surface area (Å²) in [5.41, 5.74) is 2.65. The summed E-state index contributed by atoms with van der Waals surface area (Å²) < 4.78 is 11.4. The highest BCUT2D eigenvalue weighted by Crippen LogP contribution is 2.37. The third-order valence-corrected chi connectivity index (χ3v) is 4.66. The van der Waals surface area contributed by atoms with Crippen LogP contribution in [0.15, 0.2) is 36.5 Å². The van der Waals surface area contributed by atoms with E-state index >= 15 is 0 Å². The van der Waals surface area contributed by atoms with Crippen LogP contribution in [0.5, 0.6) is 11.5 Å². The summed E-state index contributed by atoms with van der Waals surface area (Å²) in [4.78, 5) is 28.1. The number of nitriles is 1. The number of hydrogen-bond acceptors (Lipinski definition) is 7. The lowest BCUT2D eigenvalue weighted by Gasteiger charge is -2.16. The Hall–Kier alpha value is -4.12. The standard InChI is InChI=1S/C22H18N4O4/c1-3-29-18-8-16-17(9-19(18)30-4-2)24-11-12(10-23)20(16)25-13-5-6-14-15(7-13)22(28)26-21(14)27/h5-9,11H,3-4H2,1-2H3,(H,24,25)(H,26,27,28). The summed E-state index contributed by atoms with van der Waals surface area (Å²) in [5.74, 6) is 0.255. The van der Waals surface area contributed by atoms with E-state index < -0.39 is 11.8 Å². The molecule has 150 valence electrons. The Morgan fingerprint density at radius 1 is 1.03 bits per heavy atom. The summed E-state index contributed by atoms with van der Waals surface area (Å²) in [7, 11) is 0. The smallest absolute Gasteiger partial charge is 0.259 e. The number of hydrogen-bond donors (Lipinski definition) is 2. The van der Waals surface area contributed by atoms with Crippen LogP contribution in [-0.2, 0) is 0 Å². The van der Waals surface area contributed by atoms with Gasteiger partial charge >= 0.3 is 0 Å². The molecule has 2 N–H and O–H groups in total. The van der Waals surface area contributed by atoms with Gasteiger partial charge in [-0.1, -0.05) is 0 Å². The maximum absolute atomic E-state index is 12.0. The number of rotatable bonds is 6. The number of nitrogens with zero attached hydrogens (tertiary/aromatic N) is 2. The van der Waals surface area contributed by atoms with Crippen molar-refractivity contribution in [1.82, 2.24) is 10.3 Å². The van der Waals surface area contributed by atoms with Crippen molar-refractivity contribution in [1.29, 1.82) is 5.26 Å². The number of anilines is 2. The van der Waals surface area contributed by atoms with Crippen molar-refractivity contribution in [3.05, 3.63) is 53.2 Å². The van der Waals surface area contributed by atoms with Crippen molar-refractivity contribution in [3.8, 4) is 17.6 Å². The zero-order valence-corrected chi connectivity index (χ0v) is 16.4. The molecule has 1 aliphatic heterocycles. The fourth-order valence-corrected chi connectivity index (χ4v) is 3.35. The molecule has 8 nitrogen and oxygen atoms in total. The van der Waals surface area contributed by atoms with E-state index in [1.165, 1.54) is 6.20 Å². The highest BCUT2D eigenvalue weighted by atomic mass is 16.5. The zero-order valence-electron chi connectivity index (χ0n) is 16.4. The van der Waals surface area contributed by atoms with E-state index in [0.717, 1.165) is 0 Å². The van der Waals surface area contributed by atoms with Crippen molar-refractivity contribution < 1.29 is 19.1 Å². The average molecular weight is 402 g/mol. The number of fused-ring (bicyclic) bond motifs is 2. The van der Waals surface area contributed by atoms with Crippen LogP contribution in [0.4, 0.5) is 11.4 Å². The number of imide groups is 1. The Kier molecular flexibility index (Phi) is 4.94. The minimum atomic E-state index is -0.446. The first-order valence-electron chi connectivity index (χ1n) is 9.44. The van der Waals surface area contributed by atoms with Gasteiger partial charge in [0.05, 0.1) is 41.1 Å². The van der Waals surface area contributed by atoms with Gasteiger partial charge in [-0.25, -0.2) is 0 Å². The monoisotopic (exact) mass is 402 g/mol. The van der Waals surface area contributed by atoms with Gasteiger partial charge < -0.3 is 14.8 Å². The highest BCUT2D eigenvalue weighted by molar-refractivity contribution is 6.21. The van der Waals surface area contributed by atoms with Crippen LogP contribution in [0.1, 0.15) is 40.1 Å². The van der Waals surface area contributed by atoms with E-state index in [1.54, 1.807) is 30.3 Å². The molecule has 2 aromatic carbocycles. The number of amides is 2. The van der Waals surface area contributed by atoms with Crippen LogP contribution in [0, 0.1) is 11.3 Å². The molecule has 1 aromatic heterocycles. The number of carbonyl (C=O) groups is 2. The van der Waals surface area contributed by atoms with Gasteiger partial charge in [0.25, 0.3) is 11.8 Å². The van der Waals surface area contributed by atoms with E-state index in [9.17, 15) is 14.9 Å². The van der Waals surface area contributed by atoms with Gasteiger partial charge in [-0.05, 0) is 38.1 Å². The number of nitrogens with one attached hydrogen (secondary N) is 2. The molecular formula is C22H18N4O4. The zero-order chi connectivity index (χ0) is 21.3. The number of ether oxygens (including phenoxy) is 2. The number of benzene rings is 2. The van der Waals surface area contributed by atoms with E-state index in [4.69, 9.17) is 9.47 Å². The molecule has 30 heavy (non-hydrogen) atoms. The Morgan fingerprint density at radius 2 is 1.73 bits per heavy atom. The van der Waals surface area contributed by atoms with Gasteiger partial charge in [-0.3, -0.25) is 19.9 Å². The molecule has 2 heterocycles. The van der Waals surface area contributed by atoms with Gasteiger partial charge in [0.2, 0.25) is 0 Å². The summed E-state index contributed by atoms with van der Waals surface area (Å²) >= 11 is 0. The lowest BCUT2D eigenvalue weighted by molar-refractivity contribution is 0.0879. The number of aromatic nitrogens is 1. The summed E-state index contributed by atoms with van der Waals surface area (Å²) in [6, 6.07) is 10.5. The van der Waals surface area contributed by atoms with Crippen molar-refractivity contribution in [2.45, 2.75) is 13.8 Å². The molecular weight excluding hydrogens is 384 g/mol. The van der Waals surface area contributed by atoms with Gasteiger partial charge in [0, 0.05) is 23.3 Å². The summed E-state index contributed by atoms with van der Waals surface area (Å²) in [5, 5.41) is 15.7. The van der Waals surface area contributed by atoms with E-state index in [-0.39, 0.29) is 5.56 Å². The molecule has 0 fully saturated rings. The maximum atomic E-state index is 12.0. The van der Waals surface area contributed by atoms with Crippen LogP contribution in [-0.4, -0.2) is 30.0 Å². The minimum absolute atomic E-state index is 0.288. The van der Waals surface area contributed by atoms with E-state index in [1.807, 2.05) is 13.8 Å². The van der Waals surface area contributed by atoms with Gasteiger partial charge in [0.1, 0.15) is 6.07 Å². The molecule has 0 bridgehead atoms. The van der Waals surface area contributed by atoms with Gasteiger partial charge in [0.15, 0.2) is 11.5 Å². The maximum Gasteiger partial charge on any atom is 0.259 e. The fraction of sp³-hybridized carbons (Fsp3) is 0.182. The van der Waals surface area contributed by atoms with Crippen LogP contribution in [0.25, 0.3) is 10.9 Å². The Balaban J connectivity index is 1.84. The molecule has 0 atom stereocenters. The lowest BCUT2D eigenvalue weighted by Crippen LogP contribution is -2.19. The molecule has 0 unspecified atom stereocenters. The molecule has 1 aliphatic rings. The Labute approximate surface area is 172 Å². The number of carbonyl (C=O) groups excluding carboxylic acids is 2. The van der Waals surface area contributed by atoms with Crippen molar-refractivity contribution in [3.63, 3.8) is 0 Å². The lowest BCUT2D eigenvalue weighted by atomic mass is 10.1. The second-order valence-electron chi connectivity index (χ2n) is 6.51. The molecule has 0 saturated heterocycles. The Bertz CT molecular complexity index is 1230. The first-order valence-corrected chi connectivity index (χ1v) is 9.44. The molecule has 0 radical (unpaired) electrons. The highest BCUT2D eigenvalue weighted by Gasteiger charge is 2.27. The van der Waals surface area contributed by atoms with E-state index in [0.29, 0.717) is 58.1 Å². The quantitative estimate of drug-likeness (QED) is 0.606. The Morgan fingerprint density at radius 3 is 2.43 bits per heavy atom. The van der Waals surface area contributed by atoms with Crippen LogP contribution in [0.2, 0.25) is 0 Å². The van der Waals surface area contributed by atoms with Crippen molar-refractivity contribution in [2.75, 3.05) is 18.5 Å². The normalized spacial score (nSPS) is 12.3. The average Bonchev–Trinajstić information content (AvgIpc) is 3.02. The third-order valence-electron chi connectivity index (χ3n) is 4.66. The topological polar surface area (TPSA) is 113 Å². The molecule has 0 aliphatic carbocycles. The molecule has 0 spiro atoms. The summed E-state index contributed by atoms with van der Waals surface area (Å²) in [6.45, 7) is 4.68. The second-order valence-corrected chi connectivity index (χ2v) is 6.51. The predicted octanol–water partition coefficient (Wildman–Crippen LogP) is 3.53. The molecule has 4 rings (SSSR count).